The molecule has 0 bridgehead atoms. The van der Waals surface area contributed by atoms with Gasteiger partial charge in [-0.25, -0.2) is 0 Å². The Morgan fingerprint density at radius 3 is 1.68 bits per heavy atom. The maximum Gasteiger partial charge on any atom is 0.115 e. The molecule has 0 aromatic carbocycles. The Morgan fingerprint density at radius 2 is 1.20 bits per heavy atom. The summed E-state index contributed by atoms with van der Waals surface area (Å²) >= 11 is 0. The molecular formula is C21H18N4. The number of fused-ring (bicyclic) bond motifs is 1. The Kier molecular flexibility index (Phi) is 2.03. The van der Waals surface area contributed by atoms with Crippen LogP contribution in [0.1, 0.15) is 49.9 Å². The van der Waals surface area contributed by atoms with Gasteiger partial charge in [0, 0.05) is 46.7 Å². The molecule has 0 unspecified atom stereocenters. The Hall–Kier alpha value is -2.75. The van der Waals surface area contributed by atoms with Gasteiger partial charge < -0.3 is 4.57 Å². The highest BCUT2D eigenvalue weighted by Gasteiger charge is 2.43. The molecule has 25 heavy (non-hydrogen) atoms. The molecule has 6 heterocycles. The summed E-state index contributed by atoms with van der Waals surface area (Å²) < 4.78 is 2.40. The van der Waals surface area contributed by atoms with E-state index < -0.39 is 0 Å². The molecule has 4 nitrogen and oxygen atoms in total. The minimum Gasteiger partial charge on any atom is -0.305 e. The smallest absolute Gasteiger partial charge is 0.115 e. The first kappa shape index (κ1) is 13.5. The molecule has 6 rings (SSSR count). The van der Waals surface area contributed by atoms with E-state index >= 15 is 0 Å². The van der Waals surface area contributed by atoms with Crippen molar-refractivity contribution in [3.05, 3.63) is 59.2 Å². The molecule has 0 atom stereocenters. The number of hydrogen-bond donors (Lipinski definition) is 0. The van der Waals surface area contributed by atoms with Gasteiger partial charge in [-0.2, -0.15) is 0 Å². The zero-order valence-electron chi connectivity index (χ0n) is 14.8. The number of nitrogens with zero attached hydrogens (tertiary/aromatic N) is 4. The highest BCUT2D eigenvalue weighted by atomic mass is 15.1. The first-order chi connectivity index (χ1) is 11.9. The topological polar surface area (TPSA) is 43.6 Å². The molecule has 0 fully saturated rings. The zero-order valence-corrected chi connectivity index (χ0v) is 14.8. The van der Waals surface area contributed by atoms with Crippen LogP contribution in [-0.4, -0.2) is 19.5 Å². The summed E-state index contributed by atoms with van der Waals surface area (Å²) in [6.45, 7) is 9.15. The summed E-state index contributed by atoms with van der Waals surface area (Å²) in [6, 6.07) is 4.31. The Balaban J connectivity index is 2.06. The van der Waals surface area contributed by atoms with Gasteiger partial charge in [-0.3, -0.25) is 15.0 Å². The van der Waals surface area contributed by atoms with E-state index in [2.05, 4.69) is 49.4 Å². The van der Waals surface area contributed by atoms with Crippen molar-refractivity contribution in [1.82, 2.24) is 19.5 Å². The minimum atomic E-state index is -0.114. The number of hydrogen-bond acceptors (Lipinski definition) is 3. The van der Waals surface area contributed by atoms with Crippen molar-refractivity contribution in [2.45, 2.75) is 38.5 Å². The first-order valence-electron chi connectivity index (χ1n) is 8.72. The van der Waals surface area contributed by atoms with Gasteiger partial charge in [0.25, 0.3) is 0 Å². The van der Waals surface area contributed by atoms with Crippen LogP contribution >= 0.6 is 0 Å². The van der Waals surface area contributed by atoms with E-state index in [1.54, 1.807) is 0 Å². The van der Waals surface area contributed by atoms with Crippen molar-refractivity contribution in [2.24, 2.45) is 0 Å². The highest BCUT2D eigenvalue weighted by Crippen LogP contribution is 2.53. The van der Waals surface area contributed by atoms with Crippen molar-refractivity contribution < 1.29 is 0 Å². The number of pyridine rings is 3. The second-order valence-electron chi connectivity index (χ2n) is 8.28. The molecule has 4 aromatic rings. The molecule has 122 valence electrons. The summed E-state index contributed by atoms with van der Waals surface area (Å²) in [5.74, 6) is 0. The first-order valence-corrected chi connectivity index (χ1v) is 8.72. The van der Waals surface area contributed by atoms with Gasteiger partial charge in [-0.15, -0.1) is 0 Å². The van der Waals surface area contributed by atoms with Crippen LogP contribution < -0.4 is 0 Å². The van der Waals surface area contributed by atoms with Crippen molar-refractivity contribution in [3.63, 3.8) is 0 Å². The standard InChI is InChI=1S/C21H18N4/c1-20(2)11-5-7-23-15-16-19-12(6-8-24-16)21(3,4)14-10-22-9-13(20)17(14)25(19)18(11)15/h5-10H,1-4H3. The molecule has 0 spiro atoms. The summed E-state index contributed by atoms with van der Waals surface area (Å²) in [7, 11) is 0. The van der Waals surface area contributed by atoms with E-state index in [4.69, 9.17) is 9.97 Å². The SMILES string of the molecule is CC1(C)c2cncc3c2-n2c4c1ccnc4c1nccc(c12)C3(C)C. The fraction of sp³-hybridized carbons (Fsp3) is 0.286. The van der Waals surface area contributed by atoms with E-state index in [1.165, 1.54) is 39.0 Å². The average molecular weight is 326 g/mol. The normalized spacial score (nSPS) is 18.2. The maximum absolute atomic E-state index is 4.72. The van der Waals surface area contributed by atoms with Crippen molar-refractivity contribution in [1.29, 1.82) is 0 Å². The van der Waals surface area contributed by atoms with Crippen LogP contribution in [0, 0.1) is 0 Å². The van der Waals surface area contributed by atoms with Crippen LogP contribution in [0.4, 0.5) is 0 Å². The van der Waals surface area contributed by atoms with E-state index in [0.717, 1.165) is 11.0 Å². The lowest BCUT2D eigenvalue weighted by atomic mass is 9.70. The molecule has 2 aliphatic rings. The zero-order chi connectivity index (χ0) is 17.1. The Morgan fingerprint density at radius 1 is 0.720 bits per heavy atom. The fourth-order valence-corrected chi connectivity index (χ4v) is 4.95. The maximum atomic E-state index is 4.72. The summed E-state index contributed by atoms with van der Waals surface area (Å²) in [5.41, 5.74) is 10.6. The number of rotatable bonds is 0. The Bertz CT molecular complexity index is 1150. The van der Waals surface area contributed by atoms with Gasteiger partial charge in [-0.1, -0.05) is 27.7 Å². The second-order valence-corrected chi connectivity index (χ2v) is 8.28. The van der Waals surface area contributed by atoms with Gasteiger partial charge in [0.2, 0.25) is 0 Å². The molecular weight excluding hydrogens is 308 g/mol. The monoisotopic (exact) mass is 326 g/mol. The lowest BCUT2D eigenvalue weighted by Gasteiger charge is -2.41. The lowest BCUT2D eigenvalue weighted by molar-refractivity contribution is 0.587. The van der Waals surface area contributed by atoms with E-state index in [9.17, 15) is 0 Å². The molecule has 0 N–H and O–H groups in total. The third-order valence-corrected chi connectivity index (χ3v) is 6.35. The predicted octanol–water partition coefficient (Wildman–Crippen LogP) is 4.25. The fourth-order valence-electron chi connectivity index (χ4n) is 4.95. The molecule has 0 saturated heterocycles. The van der Waals surface area contributed by atoms with E-state index in [0.29, 0.717) is 0 Å². The van der Waals surface area contributed by atoms with Crippen LogP contribution in [0.15, 0.2) is 36.9 Å². The summed E-state index contributed by atoms with van der Waals surface area (Å²) in [4.78, 5) is 14.1. The highest BCUT2D eigenvalue weighted by molar-refractivity contribution is 6.09. The van der Waals surface area contributed by atoms with Gasteiger partial charge in [0.1, 0.15) is 11.0 Å². The molecule has 4 heteroatoms. The van der Waals surface area contributed by atoms with Crippen molar-refractivity contribution in [2.75, 3.05) is 0 Å². The summed E-state index contributed by atoms with van der Waals surface area (Å²) in [6.07, 6.45) is 7.92. The Labute approximate surface area is 145 Å². The molecule has 0 amide bonds. The largest absolute Gasteiger partial charge is 0.305 e. The summed E-state index contributed by atoms with van der Waals surface area (Å²) in [5, 5.41) is 0. The van der Waals surface area contributed by atoms with Crippen LogP contribution in [-0.2, 0) is 10.8 Å². The van der Waals surface area contributed by atoms with Crippen LogP contribution in [0.3, 0.4) is 0 Å². The van der Waals surface area contributed by atoms with Crippen molar-refractivity contribution in [3.8, 4) is 5.69 Å². The molecule has 0 aliphatic carbocycles. The minimum absolute atomic E-state index is 0.114. The molecule has 2 aliphatic heterocycles. The van der Waals surface area contributed by atoms with Gasteiger partial charge in [0.15, 0.2) is 0 Å². The van der Waals surface area contributed by atoms with Crippen LogP contribution in [0.2, 0.25) is 0 Å². The van der Waals surface area contributed by atoms with Gasteiger partial charge in [0.05, 0.1) is 16.7 Å². The average Bonchev–Trinajstić information content (AvgIpc) is 2.94. The molecule has 0 radical (unpaired) electrons. The van der Waals surface area contributed by atoms with Crippen molar-refractivity contribution >= 4 is 22.1 Å². The predicted molar refractivity (Wildman–Crippen MR) is 98.4 cm³/mol. The molecule has 0 saturated carbocycles. The quantitative estimate of drug-likeness (QED) is 0.485. The van der Waals surface area contributed by atoms with Gasteiger partial charge in [-0.05, 0) is 23.3 Å². The van der Waals surface area contributed by atoms with E-state index in [-0.39, 0.29) is 10.8 Å². The number of aromatic nitrogens is 4. The molecule has 4 aromatic heterocycles. The van der Waals surface area contributed by atoms with Gasteiger partial charge >= 0.3 is 0 Å². The van der Waals surface area contributed by atoms with Crippen LogP contribution in [0.25, 0.3) is 27.8 Å². The second kappa shape index (κ2) is 3.74. The third-order valence-electron chi connectivity index (χ3n) is 6.35. The van der Waals surface area contributed by atoms with Crippen LogP contribution in [0.5, 0.6) is 0 Å². The van der Waals surface area contributed by atoms with E-state index in [1.807, 2.05) is 24.8 Å². The third kappa shape index (κ3) is 1.25. The lowest BCUT2D eigenvalue weighted by Crippen LogP contribution is -2.33.